The average molecular weight is 423 g/mol. The van der Waals surface area contributed by atoms with Crippen LogP contribution in [0.4, 0.5) is 11.4 Å². The van der Waals surface area contributed by atoms with Gasteiger partial charge in [0, 0.05) is 17.3 Å². The van der Waals surface area contributed by atoms with Gasteiger partial charge >= 0.3 is 0 Å². The van der Waals surface area contributed by atoms with Crippen molar-refractivity contribution in [3.63, 3.8) is 0 Å². The van der Waals surface area contributed by atoms with Crippen LogP contribution in [-0.4, -0.2) is 46.6 Å². The first kappa shape index (κ1) is 20.2. The number of amidine groups is 2. The Labute approximate surface area is 179 Å². The lowest BCUT2D eigenvalue weighted by Crippen LogP contribution is -2.41. The minimum Gasteiger partial charge on any atom is -0.497 e. The number of methoxy groups -OCH3 is 1. The molecule has 0 radical (unpaired) electrons. The second-order valence-corrected chi connectivity index (χ2v) is 7.85. The van der Waals surface area contributed by atoms with E-state index in [1.807, 2.05) is 43.3 Å². The summed E-state index contributed by atoms with van der Waals surface area (Å²) in [6, 6.07) is 14.4. The summed E-state index contributed by atoms with van der Waals surface area (Å²) >= 11 is 1.23. The van der Waals surface area contributed by atoms with Crippen molar-refractivity contribution >= 4 is 46.0 Å². The Hall–Kier alpha value is -3.13. The first-order valence-electron chi connectivity index (χ1n) is 9.77. The molecule has 8 heteroatoms. The lowest BCUT2D eigenvalue weighted by atomic mass is 10.1. The molecule has 2 aliphatic rings. The van der Waals surface area contributed by atoms with E-state index in [2.05, 4.69) is 15.3 Å². The summed E-state index contributed by atoms with van der Waals surface area (Å²) in [5.74, 6) is 1.14. The SMILES string of the molecule is CCC[C@H]1N=C2c3ccccc3N=C(SCC(=O)Nc3cccc(OC)c3)N2C1=O. The van der Waals surface area contributed by atoms with Crippen LogP contribution in [0.5, 0.6) is 5.75 Å². The van der Waals surface area contributed by atoms with E-state index in [-0.39, 0.29) is 17.6 Å². The van der Waals surface area contributed by atoms with E-state index in [1.54, 1.807) is 24.1 Å². The molecule has 30 heavy (non-hydrogen) atoms. The molecule has 0 aromatic heterocycles. The molecule has 4 rings (SSSR count). The largest absolute Gasteiger partial charge is 0.497 e. The molecule has 1 N–H and O–H groups in total. The van der Waals surface area contributed by atoms with Crippen molar-refractivity contribution in [2.45, 2.75) is 25.8 Å². The summed E-state index contributed by atoms with van der Waals surface area (Å²) in [5, 5.41) is 3.33. The number of benzene rings is 2. The van der Waals surface area contributed by atoms with Crippen molar-refractivity contribution in [3.05, 3.63) is 54.1 Å². The first-order chi connectivity index (χ1) is 14.6. The molecular formula is C22H22N4O3S. The number of nitrogens with one attached hydrogen (secondary N) is 1. The smallest absolute Gasteiger partial charge is 0.259 e. The maximum atomic E-state index is 13.0. The van der Waals surface area contributed by atoms with Gasteiger partial charge in [-0.25, -0.2) is 9.89 Å². The Kier molecular flexibility index (Phi) is 5.85. The van der Waals surface area contributed by atoms with E-state index in [0.29, 0.717) is 28.9 Å². The van der Waals surface area contributed by atoms with Crippen molar-refractivity contribution in [2.24, 2.45) is 9.98 Å². The molecule has 2 aromatic carbocycles. The molecule has 0 aliphatic carbocycles. The standard InChI is InChI=1S/C22H22N4O3S/c1-3-7-18-21(28)26-20(24-18)16-10-4-5-11-17(16)25-22(26)30-13-19(27)23-14-8-6-9-15(12-14)29-2/h4-6,8-12,18H,3,7,13H2,1-2H3,(H,23,27)/t18-/m1/s1. The van der Waals surface area contributed by atoms with Gasteiger partial charge in [0.1, 0.15) is 17.6 Å². The fourth-order valence-electron chi connectivity index (χ4n) is 3.39. The molecule has 2 heterocycles. The van der Waals surface area contributed by atoms with Gasteiger partial charge in [0.05, 0.1) is 18.6 Å². The quantitative estimate of drug-likeness (QED) is 0.767. The van der Waals surface area contributed by atoms with Crippen LogP contribution >= 0.6 is 11.8 Å². The molecule has 2 amide bonds. The number of hydrogen-bond donors (Lipinski definition) is 1. The number of fused-ring (bicyclic) bond motifs is 3. The Balaban J connectivity index is 1.52. The monoisotopic (exact) mass is 422 g/mol. The summed E-state index contributed by atoms with van der Waals surface area (Å²) in [4.78, 5) is 36.3. The van der Waals surface area contributed by atoms with Crippen LogP contribution in [0, 0.1) is 0 Å². The summed E-state index contributed by atoms with van der Waals surface area (Å²) in [6.07, 6.45) is 1.56. The van der Waals surface area contributed by atoms with Gasteiger partial charge in [-0.1, -0.05) is 43.3 Å². The second-order valence-electron chi connectivity index (χ2n) is 6.91. The lowest BCUT2D eigenvalue weighted by molar-refractivity contribution is -0.124. The number of ether oxygens (including phenoxy) is 1. The zero-order valence-corrected chi connectivity index (χ0v) is 17.6. The van der Waals surface area contributed by atoms with E-state index in [0.717, 1.165) is 17.7 Å². The number of aliphatic imine (C=N–C) groups is 2. The van der Waals surface area contributed by atoms with Crippen LogP contribution in [0.3, 0.4) is 0 Å². The molecule has 7 nitrogen and oxygen atoms in total. The van der Waals surface area contributed by atoms with E-state index >= 15 is 0 Å². The molecule has 1 atom stereocenters. The Morgan fingerprint density at radius 1 is 1.23 bits per heavy atom. The van der Waals surface area contributed by atoms with Gasteiger partial charge in [-0.15, -0.1) is 0 Å². The van der Waals surface area contributed by atoms with Crippen molar-refractivity contribution in [1.29, 1.82) is 0 Å². The van der Waals surface area contributed by atoms with Gasteiger partial charge in [-0.2, -0.15) is 0 Å². The van der Waals surface area contributed by atoms with Gasteiger partial charge in [0.25, 0.3) is 5.91 Å². The third-order valence-electron chi connectivity index (χ3n) is 4.80. The number of carbonyl (C=O) groups excluding carboxylic acids is 2. The third-order valence-corrected chi connectivity index (χ3v) is 5.73. The molecule has 0 saturated carbocycles. The highest BCUT2D eigenvalue weighted by Gasteiger charge is 2.40. The number of hydrogen-bond acceptors (Lipinski definition) is 6. The number of anilines is 1. The number of rotatable bonds is 6. The van der Waals surface area contributed by atoms with E-state index in [9.17, 15) is 9.59 Å². The van der Waals surface area contributed by atoms with Crippen LogP contribution in [-0.2, 0) is 9.59 Å². The van der Waals surface area contributed by atoms with Crippen LogP contribution < -0.4 is 10.1 Å². The van der Waals surface area contributed by atoms with E-state index in [4.69, 9.17) is 4.74 Å². The normalized spacial score (nSPS) is 17.1. The fraction of sp³-hybridized carbons (Fsp3) is 0.273. The third kappa shape index (κ3) is 3.95. The van der Waals surface area contributed by atoms with Gasteiger partial charge in [0.2, 0.25) is 5.91 Å². The maximum Gasteiger partial charge on any atom is 0.259 e. The molecule has 2 aliphatic heterocycles. The van der Waals surface area contributed by atoms with Crippen LogP contribution in [0.1, 0.15) is 25.3 Å². The molecule has 2 aromatic rings. The number of para-hydroxylation sites is 1. The maximum absolute atomic E-state index is 13.0. The summed E-state index contributed by atoms with van der Waals surface area (Å²) in [6.45, 7) is 2.03. The Bertz CT molecular complexity index is 1050. The topological polar surface area (TPSA) is 83.4 Å². The van der Waals surface area contributed by atoms with Gasteiger partial charge in [-0.05, 0) is 30.7 Å². The number of nitrogens with zero attached hydrogens (tertiary/aromatic N) is 3. The van der Waals surface area contributed by atoms with Gasteiger partial charge < -0.3 is 10.1 Å². The van der Waals surface area contributed by atoms with Gasteiger partial charge in [-0.3, -0.25) is 14.6 Å². The molecule has 0 saturated heterocycles. The number of amides is 2. The summed E-state index contributed by atoms with van der Waals surface area (Å²) < 4.78 is 5.18. The Morgan fingerprint density at radius 3 is 2.87 bits per heavy atom. The first-order valence-corrected chi connectivity index (χ1v) is 10.8. The summed E-state index contributed by atoms with van der Waals surface area (Å²) in [5.41, 5.74) is 2.25. The number of carbonyl (C=O) groups is 2. The van der Waals surface area contributed by atoms with Crippen molar-refractivity contribution in [2.75, 3.05) is 18.2 Å². The van der Waals surface area contributed by atoms with Crippen molar-refractivity contribution < 1.29 is 14.3 Å². The van der Waals surface area contributed by atoms with E-state index in [1.165, 1.54) is 11.8 Å². The molecule has 0 bridgehead atoms. The molecule has 154 valence electrons. The van der Waals surface area contributed by atoms with E-state index < -0.39 is 6.04 Å². The van der Waals surface area contributed by atoms with Crippen molar-refractivity contribution in [1.82, 2.24) is 4.90 Å². The highest BCUT2D eigenvalue weighted by atomic mass is 32.2. The molecule has 0 spiro atoms. The predicted molar refractivity (Wildman–Crippen MR) is 120 cm³/mol. The lowest BCUT2D eigenvalue weighted by Gasteiger charge is -2.25. The number of thioether (sulfide) groups is 1. The minimum atomic E-state index is -0.396. The minimum absolute atomic E-state index is 0.0826. The predicted octanol–water partition coefficient (Wildman–Crippen LogP) is 3.83. The average Bonchev–Trinajstić information content (AvgIpc) is 3.09. The van der Waals surface area contributed by atoms with Crippen LogP contribution in [0.2, 0.25) is 0 Å². The van der Waals surface area contributed by atoms with Gasteiger partial charge in [0.15, 0.2) is 5.17 Å². The molecule has 0 fully saturated rings. The van der Waals surface area contributed by atoms with Crippen molar-refractivity contribution in [3.8, 4) is 5.75 Å². The van der Waals surface area contributed by atoms with Crippen LogP contribution in [0.25, 0.3) is 0 Å². The second kappa shape index (κ2) is 8.71. The highest BCUT2D eigenvalue weighted by Crippen LogP contribution is 2.34. The molecule has 0 unspecified atom stereocenters. The fourth-order valence-corrected chi connectivity index (χ4v) is 4.19. The Morgan fingerprint density at radius 2 is 2.07 bits per heavy atom. The highest BCUT2D eigenvalue weighted by molar-refractivity contribution is 8.14. The van der Waals surface area contributed by atoms with Crippen LogP contribution in [0.15, 0.2) is 58.5 Å². The zero-order chi connectivity index (χ0) is 21.1. The summed E-state index contributed by atoms with van der Waals surface area (Å²) in [7, 11) is 1.58. The zero-order valence-electron chi connectivity index (χ0n) is 16.8. The molecular weight excluding hydrogens is 400 g/mol.